The second kappa shape index (κ2) is 13.6. The van der Waals surface area contributed by atoms with Gasteiger partial charge in [-0.05, 0) is 127 Å². The molecule has 0 atom stereocenters. The van der Waals surface area contributed by atoms with E-state index in [1.54, 1.807) is 0 Å². The van der Waals surface area contributed by atoms with Gasteiger partial charge in [0.15, 0.2) is 0 Å². The van der Waals surface area contributed by atoms with E-state index >= 15 is 0 Å². The van der Waals surface area contributed by atoms with Crippen LogP contribution in [0.15, 0.2) is 212 Å². The standard InChI is InChI=1S/C60H43N3/c1-60(2)53-29-14-13-25-50(53)58-52(49-27-16-30-56-59(49)62(42-21-7-4-8-22-42)38-61(56)41-19-5-3-6-20-41)36-44(37-54(58)60)63(43-32-31-39-17-9-10-18-40(39)35-43)55-34-33-48-46-24-12-11-23-45(46)47-26-15-28-51(55)57(47)48/h3-37H,38H2,1-2H3. The van der Waals surface area contributed by atoms with Gasteiger partial charge in [0.05, 0.1) is 17.1 Å². The van der Waals surface area contributed by atoms with Crippen LogP contribution < -0.4 is 14.7 Å². The van der Waals surface area contributed by atoms with Gasteiger partial charge >= 0.3 is 0 Å². The smallest absolute Gasteiger partial charge is 0.100 e. The predicted octanol–water partition coefficient (Wildman–Crippen LogP) is 16.3. The quantitative estimate of drug-likeness (QED) is 0.166. The molecule has 0 radical (unpaired) electrons. The van der Waals surface area contributed by atoms with Crippen molar-refractivity contribution >= 4 is 61.4 Å². The van der Waals surface area contributed by atoms with Gasteiger partial charge in [-0.25, -0.2) is 0 Å². The molecule has 0 unspecified atom stereocenters. The van der Waals surface area contributed by atoms with Crippen molar-refractivity contribution in [2.45, 2.75) is 19.3 Å². The van der Waals surface area contributed by atoms with Crippen LogP contribution in [0.4, 0.5) is 39.8 Å². The summed E-state index contributed by atoms with van der Waals surface area (Å²) in [5.41, 5.74) is 20.9. The van der Waals surface area contributed by atoms with Crippen LogP contribution in [0.25, 0.3) is 66.1 Å². The number of para-hydroxylation sites is 3. The normalized spacial score (nSPS) is 13.9. The van der Waals surface area contributed by atoms with E-state index in [2.05, 4.69) is 241 Å². The molecule has 1 aliphatic heterocycles. The Morgan fingerprint density at radius 3 is 1.81 bits per heavy atom. The Labute approximate surface area is 368 Å². The molecule has 13 rings (SSSR count). The zero-order valence-electron chi connectivity index (χ0n) is 35.3. The highest BCUT2D eigenvalue weighted by molar-refractivity contribution is 6.19. The van der Waals surface area contributed by atoms with Crippen LogP contribution in [-0.4, -0.2) is 6.67 Å². The zero-order chi connectivity index (χ0) is 41.8. The van der Waals surface area contributed by atoms with E-state index in [4.69, 9.17) is 0 Å². The minimum absolute atomic E-state index is 0.247. The fraction of sp³-hybridized carbons (Fsp3) is 0.0667. The minimum Gasteiger partial charge on any atom is -0.321 e. The summed E-state index contributed by atoms with van der Waals surface area (Å²) in [4.78, 5) is 7.50. The number of benzene rings is 10. The largest absolute Gasteiger partial charge is 0.321 e. The van der Waals surface area contributed by atoms with E-state index in [0.717, 1.165) is 17.1 Å². The molecule has 10 aromatic carbocycles. The third kappa shape index (κ3) is 5.26. The van der Waals surface area contributed by atoms with Crippen LogP contribution in [0.2, 0.25) is 0 Å². The average Bonchev–Trinajstić information content (AvgIpc) is 3.97. The molecule has 10 aromatic rings. The third-order valence-corrected chi connectivity index (χ3v) is 14.0. The third-order valence-electron chi connectivity index (χ3n) is 14.0. The molecule has 0 fully saturated rings. The first kappa shape index (κ1) is 35.8. The Balaban J connectivity index is 1.12. The number of nitrogens with zero attached hydrogens (tertiary/aromatic N) is 3. The Morgan fingerprint density at radius 2 is 1.03 bits per heavy atom. The number of hydrogen-bond donors (Lipinski definition) is 0. The minimum atomic E-state index is -0.247. The summed E-state index contributed by atoms with van der Waals surface area (Å²) in [6, 6.07) is 78.8. The lowest BCUT2D eigenvalue weighted by Gasteiger charge is -2.31. The first-order valence-corrected chi connectivity index (χ1v) is 22.0. The van der Waals surface area contributed by atoms with E-state index in [-0.39, 0.29) is 5.41 Å². The highest BCUT2D eigenvalue weighted by atomic mass is 15.4. The van der Waals surface area contributed by atoms with Crippen molar-refractivity contribution < 1.29 is 0 Å². The maximum absolute atomic E-state index is 2.54. The Morgan fingerprint density at radius 1 is 0.413 bits per heavy atom. The van der Waals surface area contributed by atoms with Gasteiger partial charge in [-0.2, -0.15) is 0 Å². The van der Waals surface area contributed by atoms with E-state index in [1.807, 2.05) is 0 Å². The van der Waals surface area contributed by atoms with E-state index in [9.17, 15) is 0 Å². The Hall–Kier alpha value is -7.88. The van der Waals surface area contributed by atoms with Gasteiger partial charge in [-0.15, -0.1) is 0 Å². The fourth-order valence-electron chi connectivity index (χ4n) is 11.1. The zero-order valence-corrected chi connectivity index (χ0v) is 35.3. The number of hydrogen-bond acceptors (Lipinski definition) is 3. The van der Waals surface area contributed by atoms with Gasteiger partial charge < -0.3 is 14.7 Å². The van der Waals surface area contributed by atoms with Crippen LogP contribution in [0, 0.1) is 0 Å². The lowest BCUT2D eigenvalue weighted by Crippen LogP contribution is -2.24. The molecular formula is C60H43N3. The van der Waals surface area contributed by atoms with Crippen molar-refractivity contribution in [3.8, 4) is 44.5 Å². The molecule has 3 aliphatic rings. The van der Waals surface area contributed by atoms with Crippen molar-refractivity contribution in [2.24, 2.45) is 0 Å². The summed E-state index contributed by atoms with van der Waals surface area (Å²) >= 11 is 0. The summed E-state index contributed by atoms with van der Waals surface area (Å²) in [5, 5.41) is 5.00. The van der Waals surface area contributed by atoms with Crippen LogP contribution >= 0.6 is 0 Å². The SMILES string of the molecule is CC1(C)c2ccccc2-c2c(-c3cccc4c3N(c3ccccc3)CN4c3ccccc3)cc(N(c3ccc4ccccc4c3)c3ccc4c5c(cccc35)-c3ccccc3-4)cc21. The van der Waals surface area contributed by atoms with Gasteiger partial charge in [0.25, 0.3) is 0 Å². The molecule has 2 aliphatic carbocycles. The molecule has 1 heterocycles. The highest BCUT2D eigenvalue weighted by Crippen LogP contribution is 2.59. The van der Waals surface area contributed by atoms with Gasteiger partial charge in [-0.1, -0.05) is 166 Å². The van der Waals surface area contributed by atoms with Gasteiger partial charge in [-0.3, -0.25) is 0 Å². The Bertz CT molecular complexity index is 3450. The number of fused-ring (bicyclic) bond motifs is 8. The Kier molecular flexibility index (Phi) is 7.71. The van der Waals surface area contributed by atoms with Gasteiger partial charge in [0.1, 0.15) is 6.67 Å². The van der Waals surface area contributed by atoms with Crippen molar-refractivity contribution in [1.29, 1.82) is 0 Å². The van der Waals surface area contributed by atoms with Gasteiger partial charge in [0.2, 0.25) is 0 Å². The lowest BCUT2D eigenvalue weighted by atomic mass is 9.81. The molecule has 0 saturated heterocycles. The average molecular weight is 806 g/mol. The van der Waals surface area contributed by atoms with Gasteiger partial charge in [0, 0.05) is 39.1 Å². The monoisotopic (exact) mass is 805 g/mol. The molecular weight excluding hydrogens is 763 g/mol. The maximum Gasteiger partial charge on any atom is 0.100 e. The second-order valence-corrected chi connectivity index (χ2v) is 17.7. The summed E-state index contributed by atoms with van der Waals surface area (Å²) < 4.78 is 0. The topological polar surface area (TPSA) is 9.72 Å². The summed E-state index contributed by atoms with van der Waals surface area (Å²) in [5.74, 6) is 0. The second-order valence-electron chi connectivity index (χ2n) is 17.7. The molecule has 298 valence electrons. The number of rotatable bonds is 6. The van der Waals surface area contributed by atoms with Crippen LogP contribution in [0.5, 0.6) is 0 Å². The van der Waals surface area contributed by atoms with Crippen molar-refractivity contribution in [3.63, 3.8) is 0 Å². The lowest BCUT2D eigenvalue weighted by molar-refractivity contribution is 0.660. The molecule has 0 amide bonds. The summed E-state index contributed by atoms with van der Waals surface area (Å²) in [6.07, 6.45) is 0. The summed E-state index contributed by atoms with van der Waals surface area (Å²) in [7, 11) is 0. The first-order valence-electron chi connectivity index (χ1n) is 22.0. The molecule has 3 nitrogen and oxygen atoms in total. The molecule has 0 N–H and O–H groups in total. The maximum atomic E-state index is 2.54. The van der Waals surface area contributed by atoms with E-state index in [0.29, 0.717) is 6.67 Å². The van der Waals surface area contributed by atoms with Crippen LogP contribution in [0.3, 0.4) is 0 Å². The fourth-order valence-corrected chi connectivity index (χ4v) is 11.1. The van der Waals surface area contributed by atoms with E-state index in [1.165, 1.54) is 99.9 Å². The van der Waals surface area contributed by atoms with E-state index < -0.39 is 0 Å². The molecule has 63 heavy (non-hydrogen) atoms. The first-order chi connectivity index (χ1) is 31.0. The molecule has 0 bridgehead atoms. The van der Waals surface area contributed by atoms with Crippen molar-refractivity contribution in [3.05, 3.63) is 223 Å². The van der Waals surface area contributed by atoms with Crippen molar-refractivity contribution in [1.82, 2.24) is 0 Å². The highest BCUT2D eigenvalue weighted by Gasteiger charge is 2.40. The van der Waals surface area contributed by atoms with Crippen LogP contribution in [0.1, 0.15) is 25.0 Å². The molecule has 0 aromatic heterocycles. The molecule has 0 saturated carbocycles. The van der Waals surface area contributed by atoms with Crippen LogP contribution in [-0.2, 0) is 5.41 Å². The summed E-state index contributed by atoms with van der Waals surface area (Å²) in [6.45, 7) is 5.52. The molecule has 0 spiro atoms. The van der Waals surface area contributed by atoms with Crippen molar-refractivity contribution in [2.75, 3.05) is 21.4 Å². The molecule has 3 heteroatoms. The predicted molar refractivity (Wildman–Crippen MR) is 266 cm³/mol. The number of anilines is 7.